The van der Waals surface area contributed by atoms with Gasteiger partial charge in [-0.2, -0.15) is 5.26 Å². The Morgan fingerprint density at radius 3 is 2.58 bits per heavy atom. The van der Waals surface area contributed by atoms with Crippen LogP contribution in [0.1, 0.15) is 58.4 Å². The highest BCUT2D eigenvalue weighted by Gasteiger charge is 2.44. The van der Waals surface area contributed by atoms with Crippen molar-refractivity contribution in [3.63, 3.8) is 0 Å². The van der Waals surface area contributed by atoms with E-state index in [1.807, 2.05) is 24.4 Å². The first kappa shape index (κ1) is 22.2. The van der Waals surface area contributed by atoms with Gasteiger partial charge in [-0.15, -0.1) is 0 Å². The molecule has 1 N–H and O–H groups in total. The molecule has 0 bridgehead atoms. The van der Waals surface area contributed by atoms with Crippen molar-refractivity contribution in [2.45, 2.75) is 44.2 Å². The number of hydrogen-bond donors (Lipinski definition) is 1. The smallest absolute Gasteiger partial charge is 0.335 e. The van der Waals surface area contributed by atoms with Gasteiger partial charge in [-0.1, -0.05) is 36.8 Å². The van der Waals surface area contributed by atoms with Gasteiger partial charge in [-0.25, -0.2) is 9.18 Å². The van der Waals surface area contributed by atoms with Crippen LogP contribution in [-0.4, -0.2) is 21.9 Å². The maximum Gasteiger partial charge on any atom is 0.335 e. The number of halogens is 1. The summed E-state index contributed by atoms with van der Waals surface area (Å²) >= 11 is 0. The van der Waals surface area contributed by atoms with Crippen LogP contribution in [0.15, 0.2) is 65.7 Å². The van der Waals surface area contributed by atoms with Crippen LogP contribution in [0.4, 0.5) is 4.39 Å². The molecule has 1 aliphatic carbocycles. The van der Waals surface area contributed by atoms with Crippen molar-refractivity contribution < 1.29 is 14.3 Å². The molecular formula is C30H24FN3O2. The van der Waals surface area contributed by atoms with Gasteiger partial charge < -0.3 is 9.67 Å². The third-order valence-electron chi connectivity index (χ3n) is 7.75. The van der Waals surface area contributed by atoms with E-state index in [0.29, 0.717) is 25.1 Å². The average Bonchev–Trinajstić information content (AvgIpc) is 3.43. The Morgan fingerprint density at radius 1 is 1.14 bits per heavy atom. The molecule has 0 unspecified atom stereocenters. The molecule has 2 aliphatic rings. The first-order valence-electron chi connectivity index (χ1n) is 12.1. The highest BCUT2D eigenvalue weighted by molar-refractivity contribution is 6.03. The summed E-state index contributed by atoms with van der Waals surface area (Å²) in [6.45, 7) is 0.953. The summed E-state index contributed by atoms with van der Waals surface area (Å²) < 4.78 is 17.1. The number of carboxylic acid groups (broad SMARTS) is 1. The predicted molar refractivity (Wildman–Crippen MR) is 137 cm³/mol. The quantitative estimate of drug-likeness (QED) is 0.346. The number of aliphatic imine (C=N–C) groups is 1. The van der Waals surface area contributed by atoms with E-state index in [0.717, 1.165) is 58.1 Å². The molecule has 4 aromatic rings. The summed E-state index contributed by atoms with van der Waals surface area (Å²) in [6.07, 6.45) is 5.06. The lowest BCUT2D eigenvalue weighted by Crippen LogP contribution is -2.36. The van der Waals surface area contributed by atoms with Gasteiger partial charge in [0.25, 0.3) is 0 Å². The van der Waals surface area contributed by atoms with E-state index in [9.17, 15) is 19.6 Å². The van der Waals surface area contributed by atoms with Crippen LogP contribution in [-0.2, 0) is 18.5 Å². The van der Waals surface area contributed by atoms with Gasteiger partial charge >= 0.3 is 5.97 Å². The summed E-state index contributed by atoms with van der Waals surface area (Å²) in [6, 6.07) is 20.5. The molecule has 3 aromatic carbocycles. The lowest BCUT2D eigenvalue weighted by atomic mass is 9.63. The number of nitrogens with zero attached hydrogens (tertiary/aromatic N) is 3. The normalized spacial score (nSPS) is 15.4. The van der Waals surface area contributed by atoms with Crippen molar-refractivity contribution in [2.75, 3.05) is 0 Å². The summed E-state index contributed by atoms with van der Waals surface area (Å²) in [5.74, 6) is -1.23. The fourth-order valence-electron chi connectivity index (χ4n) is 5.79. The molecule has 0 saturated heterocycles. The molecular weight excluding hydrogens is 453 g/mol. The fraction of sp³-hybridized carbons (Fsp3) is 0.233. The zero-order valence-corrected chi connectivity index (χ0v) is 19.7. The van der Waals surface area contributed by atoms with Crippen LogP contribution in [0.2, 0.25) is 0 Å². The van der Waals surface area contributed by atoms with Crippen LogP contribution >= 0.6 is 0 Å². The predicted octanol–water partition coefficient (Wildman–Crippen LogP) is 6.46. The second-order valence-corrected chi connectivity index (χ2v) is 9.79. The van der Waals surface area contributed by atoms with Crippen LogP contribution < -0.4 is 0 Å². The third kappa shape index (κ3) is 3.43. The minimum absolute atomic E-state index is 0.222. The molecule has 1 aliphatic heterocycles. The van der Waals surface area contributed by atoms with E-state index in [1.54, 1.807) is 24.3 Å². The molecule has 2 heterocycles. The third-order valence-corrected chi connectivity index (χ3v) is 7.75. The highest BCUT2D eigenvalue weighted by Crippen LogP contribution is 2.52. The summed E-state index contributed by atoms with van der Waals surface area (Å²) in [5.41, 5.74) is 6.57. The Kier molecular flexibility index (Phi) is 5.22. The molecule has 178 valence electrons. The largest absolute Gasteiger partial charge is 0.478 e. The van der Waals surface area contributed by atoms with E-state index >= 15 is 0 Å². The molecule has 6 heteroatoms. The second kappa shape index (κ2) is 8.46. The Morgan fingerprint density at radius 2 is 1.92 bits per heavy atom. The van der Waals surface area contributed by atoms with Gasteiger partial charge in [0, 0.05) is 45.8 Å². The van der Waals surface area contributed by atoms with Crippen molar-refractivity contribution in [1.82, 2.24) is 4.57 Å². The molecule has 5 nitrogen and oxygen atoms in total. The topological polar surface area (TPSA) is 78.4 Å². The van der Waals surface area contributed by atoms with E-state index in [-0.39, 0.29) is 16.8 Å². The van der Waals surface area contributed by atoms with Crippen molar-refractivity contribution in [3.05, 3.63) is 94.4 Å². The summed E-state index contributed by atoms with van der Waals surface area (Å²) in [7, 11) is 0. The Balaban J connectivity index is 1.68. The number of hydrogen-bond acceptors (Lipinski definition) is 3. The number of nitriles is 1. The molecule has 0 spiro atoms. The van der Waals surface area contributed by atoms with Crippen LogP contribution in [0.3, 0.4) is 0 Å². The molecule has 0 atom stereocenters. The highest BCUT2D eigenvalue weighted by atomic mass is 19.1. The van der Waals surface area contributed by atoms with Crippen molar-refractivity contribution in [1.29, 1.82) is 5.26 Å². The fourth-order valence-corrected chi connectivity index (χ4v) is 5.79. The zero-order valence-electron chi connectivity index (χ0n) is 19.7. The molecule has 1 saturated carbocycles. The Hall–Kier alpha value is -4.24. The van der Waals surface area contributed by atoms with Crippen molar-refractivity contribution in [2.24, 2.45) is 4.99 Å². The standard InChI is InChI=1S/C30H24FN3O2/c31-25-5-2-1-4-21(25)18-34-26-15-23-17-33-16-22(23)14-24(26)27(19-6-8-20(9-7-19)29(35)36)28(34)30(12-13-32)10-3-11-30/h1-2,4-9,14-15,17H,3,10-12,16,18H2,(H,35,36). The SMILES string of the molecule is N#CCC1(c2c(-c3ccc(C(=O)O)cc3)c3cc4c(cc3n2Cc2ccccc2F)C=NC4)CCC1. The van der Waals surface area contributed by atoms with Crippen molar-refractivity contribution in [3.8, 4) is 17.2 Å². The monoisotopic (exact) mass is 477 g/mol. The van der Waals surface area contributed by atoms with Gasteiger partial charge in [0.2, 0.25) is 0 Å². The lowest BCUT2D eigenvalue weighted by molar-refractivity contribution is 0.0697. The van der Waals surface area contributed by atoms with Crippen LogP contribution in [0.5, 0.6) is 0 Å². The van der Waals surface area contributed by atoms with E-state index in [4.69, 9.17) is 0 Å². The average molecular weight is 478 g/mol. The minimum Gasteiger partial charge on any atom is -0.478 e. The first-order chi connectivity index (χ1) is 17.5. The maximum atomic E-state index is 14.9. The zero-order chi connectivity index (χ0) is 24.9. The summed E-state index contributed by atoms with van der Waals surface area (Å²) in [4.78, 5) is 15.9. The Labute approximate surface area is 208 Å². The van der Waals surface area contributed by atoms with Gasteiger partial charge in [0.1, 0.15) is 5.82 Å². The molecule has 0 radical (unpaired) electrons. The first-order valence-corrected chi connectivity index (χ1v) is 12.1. The maximum absolute atomic E-state index is 14.9. The van der Waals surface area contributed by atoms with Gasteiger partial charge in [0.05, 0.1) is 24.7 Å². The Bertz CT molecular complexity index is 1590. The van der Waals surface area contributed by atoms with Crippen LogP contribution in [0.25, 0.3) is 22.0 Å². The number of fused-ring (bicyclic) bond motifs is 2. The lowest BCUT2D eigenvalue weighted by Gasteiger charge is -2.42. The van der Waals surface area contributed by atoms with Gasteiger partial charge in [-0.3, -0.25) is 4.99 Å². The molecule has 0 amide bonds. The van der Waals surface area contributed by atoms with Crippen LogP contribution in [0, 0.1) is 17.1 Å². The van der Waals surface area contributed by atoms with Gasteiger partial charge in [0.15, 0.2) is 0 Å². The van der Waals surface area contributed by atoms with Gasteiger partial charge in [-0.05, 0) is 59.9 Å². The van der Waals surface area contributed by atoms with E-state index in [2.05, 4.69) is 27.8 Å². The summed E-state index contributed by atoms with van der Waals surface area (Å²) in [5, 5.41) is 20.3. The van der Waals surface area contributed by atoms with E-state index in [1.165, 1.54) is 6.07 Å². The number of aromatic nitrogens is 1. The molecule has 1 aromatic heterocycles. The van der Waals surface area contributed by atoms with Crippen molar-refractivity contribution >= 4 is 23.1 Å². The molecule has 1 fully saturated rings. The number of aromatic carboxylic acids is 1. The number of benzene rings is 3. The minimum atomic E-state index is -0.973. The second-order valence-electron chi connectivity index (χ2n) is 9.79. The molecule has 36 heavy (non-hydrogen) atoms. The number of carboxylic acids is 1. The number of rotatable bonds is 6. The van der Waals surface area contributed by atoms with E-state index < -0.39 is 5.97 Å². The molecule has 6 rings (SSSR count). The number of carbonyl (C=O) groups is 1.